The molecule has 1 atom stereocenters. The van der Waals surface area contributed by atoms with Crippen molar-refractivity contribution in [2.75, 3.05) is 14.2 Å². The number of aromatic nitrogens is 3. The van der Waals surface area contributed by atoms with Crippen molar-refractivity contribution in [2.24, 2.45) is 0 Å². The van der Waals surface area contributed by atoms with Crippen molar-refractivity contribution >= 4 is 5.91 Å². The molecule has 0 fully saturated rings. The van der Waals surface area contributed by atoms with Gasteiger partial charge in [-0.3, -0.25) is 4.79 Å². The number of rotatable bonds is 7. The van der Waals surface area contributed by atoms with Gasteiger partial charge in [-0.15, -0.1) is 5.10 Å². The monoisotopic (exact) mass is 380 g/mol. The average Bonchev–Trinajstić information content (AvgIpc) is 3.23. The fourth-order valence-electron chi connectivity index (χ4n) is 2.85. The number of nitrogens with one attached hydrogen (secondary N) is 1. The van der Waals surface area contributed by atoms with E-state index in [1.807, 2.05) is 49.4 Å². The highest BCUT2D eigenvalue weighted by atomic mass is 16.5. The molecule has 1 N–H and O–H groups in total. The molecule has 7 heteroatoms. The van der Waals surface area contributed by atoms with Crippen molar-refractivity contribution < 1.29 is 14.3 Å². The Labute approximate surface area is 164 Å². The molecule has 0 unspecified atom stereocenters. The lowest BCUT2D eigenvalue weighted by atomic mass is 10.1. The predicted octanol–water partition coefficient (Wildman–Crippen LogP) is 3.34. The van der Waals surface area contributed by atoms with E-state index >= 15 is 0 Å². The second kappa shape index (κ2) is 8.56. The fourth-order valence-corrected chi connectivity index (χ4v) is 2.85. The van der Waals surface area contributed by atoms with E-state index in [0.29, 0.717) is 11.5 Å². The maximum atomic E-state index is 12.6. The maximum absolute atomic E-state index is 12.6. The summed E-state index contributed by atoms with van der Waals surface area (Å²) in [4.78, 5) is 12.6. The van der Waals surface area contributed by atoms with Crippen LogP contribution in [0.5, 0.6) is 11.5 Å². The molecule has 0 radical (unpaired) electrons. The number of nitrogens with zero attached hydrogens (tertiary/aromatic N) is 3. The molecule has 1 heterocycles. The number of ether oxygens (including phenoxy) is 2. The SMILES string of the molecule is CCc1ccc(-n2cc(C(=O)N[C@@H](C)c3ccc(OC)c(OC)c3)nn2)cc1. The van der Waals surface area contributed by atoms with Crippen molar-refractivity contribution in [3.8, 4) is 17.2 Å². The molecule has 0 aliphatic heterocycles. The third kappa shape index (κ3) is 4.14. The number of carbonyl (C=O) groups excluding carboxylic acids is 1. The van der Waals surface area contributed by atoms with Crippen LogP contribution in [-0.4, -0.2) is 35.1 Å². The van der Waals surface area contributed by atoms with Gasteiger partial charge in [0.1, 0.15) is 0 Å². The lowest BCUT2D eigenvalue weighted by Crippen LogP contribution is -2.27. The van der Waals surface area contributed by atoms with Crippen LogP contribution in [-0.2, 0) is 6.42 Å². The third-order valence-electron chi connectivity index (χ3n) is 4.59. The molecule has 1 amide bonds. The van der Waals surface area contributed by atoms with Crippen molar-refractivity contribution in [3.63, 3.8) is 0 Å². The van der Waals surface area contributed by atoms with Crippen LogP contribution in [0.15, 0.2) is 48.7 Å². The molecule has 1 aromatic heterocycles. The zero-order valence-electron chi connectivity index (χ0n) is 16.5. The predicted molar refractivity (Wildman–Crippen MR) is 106 cm³/mol. The summed E-state index contributed by atoms with van der Waals surface area (Å²) in [6.07, 6.45) is 2.59. The Balaban J connectivity index is 1.71. The molecule has 0 spiro atoms. The number of carbonyl (C=O) groups is 1. The Bertz CT molecular complexity index is 951. The van der Waals surface area contributed by atoms with Crippen molar-refractivity contribution in [3.05, 3.63) is 65.5 Å². The number of methoxy groups -OCH3 is 2. The zero-order chi connectivity index (χ0) is 20.1. The summed E-state index contributed by atoms with van der Waals surface area (Å²) in [6.45, 7) is 4.00. The number of hydrogen-bond acceptors (Lipinski definition) is 5. The van der Waals surface area contributed by atoms with Crippen LogP contribution in [0.1, 0.15) is 41.5 Å². The lowest BCUT2D eigenvalue weighted by Gasteiger charge is -2.15. The van der Waals surface area contributed by atoms with E-state index in [0.717, 1.165) is 17.7 Å². The molecule has 0 saturated heterocycles. The molecule has 28 heavy (non-hydrogen) atoms. The van der Waals surface area contributed by atoms with Crippen LogP contribution in [0.25, 0.3) is 5.69 Å². The molecule has 146 valence electrons. The van der Waals surface area contributed by atoms with Gasteiger partial charge in [0.25, 0.3) is 5.91 Å². The third-order valence-corrected chi connectivity index (χ3v) is 4.59. The molecule has 0 aliphatic carbocycles. The number of aryl methyl sites for hydroxylation is 1. The molecule has 0 aliphatic rings. The fraction of sp³-hybridized carbons (Fsp3) is 0.286. The standard InChI is InChI=1S/C21H24N4O3/c1-5-15-6-9-17(10-7-15)25-13-18(23-24-25)21(26)22-14(2)16-8-11-19(27-3)20(12-16)28-4/h6-14H,5H2,1-4H3,(H,22,26)/t14-/m0/s1. The van der Waals surface area contributed by atoms with Crippen LogP contribution in [0, 0.1) is 0 Å². The Morgan fingerprint density at radius 3 is 2.46 bits per heavy atom. The van der Waals surface area contributed by atoms with E-state index < -0.39 is 0 Å². The van der Waals surface area contributed by atoms with E-state index in [-0.39, 0.29) is 17.6 Å². The smallest absolute Gasteiger partial charge is 0.273 e. The van der Waals surface area contributed by atoms with Gasteiger partial charge in [0.05, 0.1) is 32.1 Å². The topological polar surface area (TPSA) is 78.3 Å². The summed E-state index contributed by atoms with van der Waals surface area (Å²) >= 11 is 0. The first kappa shape index (κ1) is 19.4. The van der Waals surface area contributed by atoms with Gasteiger partial charge in [-0.2, -0.15) is 0 Å². The van der Waals surface area contributed by atoms with Crippen LogP contribution < -0.4 is 14.8 Å². The molecule has 0 bridgehead atoms. The van der Waals surface area contributed by atoms with Crippen molar-refractivity contribution in [1.82, 2.24) is 20.3 Å². The van der Waals surface area contributed by atoms with E-state index in [1.54, 1.807) is 25.1 Å². The highest BCUT2D eigenvalue weighted by Crippen LogP contribution is 2.29. The van der Waals surface area contributed by atoms with Crippen LogP contribution >= 0.6 is 0 Å². The summed E-state index contributed by atoms with van der Waals surface area (Å²) in [5.41, 5.74) is 3.25. The maximum Gasteiger partial charge on any atom is 0.273 e. The minimum atomic E-state index is -0.293. The van der Waals surface area contributed by atoms with E-state index in [4.69, 9.17) is 9.47 Å². The molecular weight excluding hydrogens is 356 g/mol. The van der Waals surface area contributed by atoms with Crippen LogP contribution in [0.3, 0.4) is 0 Å². The quantitative estimate of drug-likeness (QED) is 0.680. The van der Waals surface area contributed by atoms with Gasteiger partial charge in [-0.1, -0.05) is 30.3 Å². The van der Waals surface area contributed by atoms with Gasteiger partial charge in [0, 0.05) is 0 Å². The first-order valence-corrected chi connectivity index (χ1v) is 9.10. The molecule has 7 nitrogen and oxygen atoms in total. The van der Waals surface area contributed by atoms with Crippen molar-refractivity contribution in [1.29, 1.82) is 0 Å². The molecule has 3 aromatic rings. The van der Waals surface area contributed by atoms with Gasteiger partial charge < -0.3 is 14.8 Å². The first-order valence-electron chi connectivity index (χ1n) is 9.10. The van der Waals surface area contributed by atoms with Gasteiger partial charge >= 0.3 is 0 Å². The highest BCUT2D eigenvalue weighted by Gasteiger charge is 2.16. The van der Waals surface area contributed by atoms with E-state index in [1.165, 1.54) is 5.56 Å². The summed E-state index contributed by atoms with van der Waals surface area (Å²) < 4.78 is 12.2. The van der Waals surface area contributed by atoms with Gasteiger partial charge in [-0.05, 0) is 48.7 Å². The average molecular weight is 380 g/mol. The largest absolute Gasteiger partial charge is 0.493 e. The van der Waals surface area contributed by atoms with Gasteiger partial charge in [0.2, 0.25) is 0 Å². The Hall–Kier alpha value is -3.35. The molecule has 2 aromatic carbocycles. The van der Waals surface area contributed by atoms with Gasteiger partial charge in [-0.25, -0.2) is 4.68 Å². The zero-order valence-corrected chi connectivity index (χ0v) is 16.5. The summed E-state index contributed by atoms with van der Waals surface area (Å²) in [7, 11) is 3.16. The van der Waals surface area contributed by atoms with Gasteiger partial charge in [0.15, 0.2) is 17.2 Å². The van der Waals surface area contributed by atoms with E-state index in [9.17, 15) is 4.79 Å². The highest BCUT2D eigenvalue weighted by molar-refractivity contribution is 5.92. The minimum absolute atomic E-state index is 0.235. The molecule has 3 rings (SSSR count). The molecule has 0 saturated carbocycles. The summed E-state index contributed by atoms with van der Waals surface area (Å²) in [5.74, 6) is 0.961. The Morgan fingerprint density at radius 1 is 1.11 bits per heavy atom. The second-order valence-corrected chi connectivity index (χ2v) is 6.38. The first-order chi connectivity index (χ1) is 13.5. The normalized spacial score (nSPS) is 11.7. The number of hydrogen-bond donors (Lipinski definition) is 1. The Morgan fingerprint density at radius 2 is 1.82 bits per heavy atom. The van der Waals surface area contributed by atoms with Crippen LogP contribution in [0.4, 0.5) is 0 Å². The molecular formula is C21H24N4O3. The minimum Gasteiger partial charge on any atom is -0.493 e. The lowest BCUT2D eigenvalue weighted by molar-refractivity contribution is 0.0934. The summed E-state index contributed by atoms with van der Waals surface area (Å²) in [6, 6.07) is 13.3. The second-order valence-electron chi connectivity index (χ2n) is 6.38. The number of amides is 1. The Kier molecular flexibility index (Phi) is 5.93. The van der Waals surface area contributed by atoms with Crippen LogP contribution in [0.2, 0.25) is 0 Å². The summed E-state index contributed by atoms with van der Waals surface area (Å²) in [5, 5.41) is 11.0. The van der Waals surface area contributed by atoms with E-state index in [2.05, 4.69) is 22.6 Å². The van der Waals surface area contributed by atoms with Crippen molar-refractivity contribution in [2.45, 2.75) is 26.3 Å². The number of benzene rings is 2.